The Morgan fingerprint density at radius 3 is 2.87 bits per heavy atom. The number of halogens is 1. The van der Waals surface area contributed by atoms with E-state index in [0.717, 1.165) is 21.3 Å². The summed E-state index contributed by atoms with van der Waals surface area (Å²) in [5.41, 5.74) is 8.94. The molecule has 0 spiro atoms. The molecule has 0 bridgehead atoms. The van der Waals surface area contributed by atoms with E-state index in [4.69, 9.17) is 5.73 Å². The molecule has 2 rings (SSSR count). The van der Waals surface area contributed by atoms with Crippen LogP contribution in [0.2, 0.25) is 0 Å². The number of rotatable bonds is 2. The molecule has 0 amide bonds. The lowest BCUT2D eigenvalue weighted by molar-refractivity contribution is 0.857. The van der Waals surface area contributed by atoms with E-state index in [1.54, 1.807) is 0 Å². The third-order valence-electron chi connectivity index (χ3n) is 2.23. The first kappa shape index (κ1) is 10.4. The summed E-state index contributed by atoms with van der Waals surface area (Å²) in [5.74, 6) is 0. The molecular weight excluding hydrogens is 254 g/mol. The van der Waals surface area contributed by atoms with Crippen LogP contribution in [0.25, 0.3) is 5.69 Å². The predicted octanol–water partition coefficient (Wildman–Crippen LogP) is 2.40. The van der Waals surface area contributed by atoms with Crippen LogP contribution in [-0.2, 0) is 6.54 Å². The molecule has 3 nitrogen and oxygen atoms in total. The first-order valence-electron chi connectivity index (χ1n) is 4.71. The second-order valence-electron chi connectivity index (χ2n) is 3.44. The van der Waals surface area contributed by atoms with Gasteiger partial charge in [-0.2, -0.15) is 5.10 Å². The summed E-state index contributed by atoms with van der Waals surface area (Å²) in [6, 6.07) is 6.02. The van der Waals surface area contributed by atoms with E-state index >= 15 is 0 Å². The minimum absolute atomic E-state index is 0.515. The Morgan fingerprint density at radius 1 is 1.47 bits per heavy atom. The molecule has 0 aliphatic carbocycles. The van der Waals surface area contributed by atoms with Crippen molar-refractivity contribution < 1.29 is 0 Å². The second-order valence-corrected chi connectivity index (χ2v) is 4.36. The summed E-state index contributed by atoms with van der Waals surface area (Å²) < 4.78 is 2.88. The molecule has 0 fully saturated rings. The summed E-state index contributed by atoms with van der Waals surface area (Å²) in [5, 5.41) is 4.28. The zero-order valence-corrected chi connectivity index (χ0v) is 10.0. The first-order valence-corrected chi connectivity index (χ1v) is 5.50. The van der Waals surface area contributed by atoms with Crippen LogP contribution >= 0.6 is 15.9 Å². The fourth-order valence-corrected chi connectivity index (χ4v) is 1.82. The fraction of sp³-hybridized carbons (Fsp3) is 0.182. The third-order valence-corrected chi connectivity index (χ3v) is 2.72. The highest BCUT2D eigenvalue weighted by Gasteiger charge is 2.04. The summed E-state index contributed by atoms with van der Waals surface area (Å²) in [6.45, 7) is 2.53. The topological polar surface area (TPSA) is 43.8 Å². The van der Waals surface area contributed by atoms with E-state index in [9.17, 15) is 0 Å². The average molecular weight is 266 g/mol. The van der Waals surface area contributed by atoms with Gasteiger partial charge in [0.1, 0.15) is 0 Å². The Labute approximate surface area is 97.0 Å². The Kier molecular flexibility index (Phi) is 2.88. The largest absolute Gasteiger partial charge is 0.326 e. The molecule has 1 aromatic heterocycles. The summed E-state index contributed by atoms with van der Waals surface area (Å²) >= 11 is 3.45. The van der Waals surface area contributed by atoms with Gasteiger partial charge in [0.15, 0.2) is 0 Å². The van der Waals surface area contributed by atoms with Gasteiger partial charge in [0.05, 0.1) is 11.9 Å². The van der Waals surface area contributed by atoms with E-state index in [0.29, 0.717) is 6.54 Å². The number of benzene rings is 1. The van der Waals surface area contributed by atoms with Crippen molar-refractivity contribution in [3.8, 4) is 5.69 Å². The zero-order valence-electron chi connectivity index (χ0n) is 8.44. The Hall–Kier alpha value is -1.13. The summed E-state index contributed by atoms with van der Waals surface area (Å²) in [7, 11) is 0. The molecule has 2 aromatic rings. The molecule has 0 saturated heterocycles. The van der Waals surface area contributed by atoms with Gasteiger partial charge in [-0.05, 0) is 30.2 Å². The SMILES string of the molecule is Cc1cnn(-c2cc(Br)ccc2CN)c1. The maximum Gasteiger partial charge on any atom is 0.0701 e. The quantitative estimate of drug-likeness (QED) is 0.907. The summed E-state index contributed by atoms with van der Waals surface area (Å²) in [6.07, 6.45) is 3.82. The van der Waals surface area contributed by atoms with Crippen molar-refractivity contribution >= 4 is 15.9 Å². The Balaban J connectivity index is 2.55. The van der Waals surface area contributed by atoms with Crippen LogP contribution in [0.5, 0.6) is 0 Å². The standard InChI is InChI=1S/C11H12BrN3/c1-8-6-14-15(7-8)11-4-10(12)3-2-9(11)5-13/h2-4,6-7H,5,13H2,1H3. The van der Waals surface area contributed by atoms with E-state index in [1.165, 1.54) is 0 Å². The van der Waals surface area contributed by atoms with Gasteiger partial charge < -0.3 is 5.73 Å². The van der Waals surface area contributed by atoms with Crippen LogP contribution in [0.4, 0.5) is 0 Å². The van der Waals surface area contributed by atoms with Gasteiger partial charge in [-0.1, -0.05) is 22.0 Å². The number of nitrogens with zero attached hydrogens (tertiary/aromatic N) is 2. The van der Waals surface area contributed by atoms with Crippen molar-refractivity contribution in [2.75, 3.05) is 0 Å². The van der Waals surface area contributed by atoms with E-state index in [2.05, 4.69) is 21.0 Å². The molecule has 78 valence electrons. The minimum Gasteiger partial charge on any atom is -0.326 e. The van der Waals surface area contributed by atoms with Crippen LogP contribution in [0.3, 0.4) is 0 Å². The van der Waals surface area contributed by atoms with Gasteiger partial charge in [0, 0.05) is 17.2 Å². The molecule has 0 aliphatic rings. The lowest BCUT2D eigenvalue weighted by atomic mass is 10.2. The number of hydrogen-bond acceptors (Lipinski definition) is 2. The second kappa shape index (κ2) is 4.16. The lowest BCUT2D eigenvalue weighted by Gasteiger charge is -2.08. The van der Waals surface area contributed by atoms with Crippen molar-refractivity contribution in [2.24, 2.45) is 5.73 Å². The van der Waals surface area contributed by atoms with Crippen molar-refractivity contribution in [3.05, 3.63) is 46.2 Å². The van der Waals surface area contributed by atoms with Crippen molar-refractivity contribution in [1.29, 1.82) is 0 Å². The van der Waals surface area contributed by atoms with Crippen molar-refractivity contribution in [1.82, 2.24) is 9.78 Å². The maximum absolute atomic E-state index is 5.69. The predicted molar refractivity (Wildman–Crippen MR) is 63.9 cm³/mol. The zero-order chi connectivity index (χ0) is 10.8. The maximum atomic E-state index is 5.69. The third kappa shape index (κ3) is 2.11. The van der Waals surface area contributed by atoms with E-state index < -0.39 is 0 Å². The first-order chi connectivity index (χ1) is 7.20. The van der Waals surface area contributed by atoms with Crippen LogP contribution < -0.4 is 5.73 Å². The molecular formula is C11H12BrN3. The van der Waals surface area contributed by atoms with Crippen molar-refractivity contribution in [3.63, 3.8) is 0 Å². The highest BCUT2D eigenvalue weighted by atomic mass is 79.9. The van der Waals surface area contributed by atoms with Gasteiger partial charge in [-0.3, -0.25) is 0 Å². The highest BCUT2D eigenvalue weighted by molar-refractivity contribution is 9.10. The van der Waals surface area contributed by atoms with Crippen LogP contribution in [0, 0.1) is 6.92 Å². The van der Waals surface area contributed by atoms with Gasteiger partial charge in [-0.25, -0.2) is 4.68 Å². The molecule has 15 heavy (non-hydrogen) atoms. The van der Waals surface area contributed by atoms with Gasteiger partial charge in [0.25, 0.3) is 0 Å². The van der Waals surface area contributed by atoms with Gasteiger partial charge in [-0.15, -0.1) is 0 Å². The van der Waals surface area contributed by atoms with E-state index in [1.807, 2.05) is 42.2 Å². The molecule has 2 N–H and O–H groups in total. The smallest absolute Gasteiger partial charge is 0.0701 e. The van der Waals surface area contributed by atoms with Crippen molar-refractivity contribution in [2.45, 2.75) is 13.5 Å². The van der Waals surface area contributed by atoms with Gasteiger partial charge in [0.2, 0.25) is 0 Å². The highest BCUT2D eigenvalue weighted by Crippen LogP contribution is 2.19. The molecule has 4 heteroatoms. The Bertz CT molecular complexity index is 476. The number of hydrogen-bond donors (Lipinski definition) is 1. The minimum atomic E-state index is 0.515. The molecule has 0 radical (unpaired) electrons. The normalized spacial score (nSPS) is 10.6. The van der Waals surface area contributed by atoms with E-state index in [-0.39, 0.29) is 0 Å². The summed E-state index contributed by atoms with van der Waals surface area (Å²) in [4.78, 5) is 0. The Morgan fingerprint density at radius 2 is 2.27 bits per heavy atom. The van der Waals surface area contributed by atoms with Crippen LogP contribution in [-0.4, -0.2) is 9.78 Å². The lowest BCUT2D eigenvalue weighted by Crippen LogP contribution is -2.04. The molecule has 0 atom stereocenters. The van der Waals surface area contributed by atoms with Gasteiger partial charge >= 0.3 is 0 Å². The van der Waals surface area contributed by atoms with Crippen LogP contribution in [0.15, 0.2) is 35.1 Å². The number of aryl methyl sites for hydroxylation is 1. The molecule has 0 aliphatic heterocycles. The molecule has 0 unspecified atom stereocenters. The van der Waals surface area contributed by atoms with Crippen LogP contribution in [0.1, 0.15) is 11.1 Å². The molecule has 1 heterocycles. The molecule has 0 saturated carbocycles. The molecule has 1 aromatic carbocycles. The monoisotopic (exact) mass is 265 g/mol. The average Bonchev–Trinajstić information content (AvgIpc) is 2.65. The fourth-order valence-electron chi connectivity index (χ4n) is 1.47. The number of aromatic nitrogens is 2. The number of nitrogens with two attached hydrogens (primary N) is 1.